The SMILES string of the molecule is O=S(=O)([O-])CC/C=C/CCCc1ccccc1. The lowest BCUT2D eigenvalue weighted by Crippen LogP contribution is -2.02. The highest BCUT2D eigenvalue weighted by atomic mass is 32.2. The van der Waals surface area contributed by atoms with E-state index in [0.29, 0.717) is 6.42 Å². The first-order chi connectivity index (χ1) is 8.08. The Bertz CT molecular complexity index is 435. The average Bonchev–Trinajstić information content (AvgIpc) is 2.28. The molecule has 0 aliphatic heterocycles. The van der Waals surface area contributed by atoms with Gasteiger partial charge in [0.2, 0.25) is 0 Å². The molecule has 0 saturated carbocycles. The van der Waals surface area contributed by atoms with Gasteiger partial charge in [-0.2, -0.15) is 0 Å². The Morgan fingerprint density at radius 1 is 1.06 bits per heavy atom. The van der Waals surface area contributed by atoms with Crippen molar-refractivity contribution in [3.8, 4) is 0 Å². The van der Waals surface area contributed by atoms with Crippen LogP contribution in [0.2, 0.25) is 0 Å². The lowest BCUT2D eigenvalue weighted by Gasteiger charge is -2.02. The number of aryl methyl sites for hydroxylation is 1. The van der Waals surface area contributed by atoms with Crippen LogP contribution in [0.15, 0.2) is 42.5 Å². The normalized spacial score (nSPS) is 12.1. The molecule has 1 aromatic carbocycles. The molecule has 0 atom stereocenters. The Morgan fingerprint density at radius 3 is 2.35 bits per heavy atom. The summed E-state index contributed by atoms with van der Waals surface area (Å²) in [5.41, 5.74) is 1.31. The van der Waals surface area contributed by atoms with Crippen molar-refractivity contribution in [1.82, 2.24) is 0 Å². The molecule has 0 unspecified atom stereocenters. The number of rotatable bonds is 7. The second kappa shape index (κ2) is 7.25. The summed E-state index contributed by atoms with van der Waals surface area (Å²) in [6.07, 6.45) is 6.98. The summed E-state index contributed by atoms with van der Waals surface area (Å²) >= 11 is 0. The fourth-order valence-corrected chi connectivity index (χ4v) is 1.94. The molecule has 1 aromatic rings. The van der Waals surface area contributed by atoms with E-state index < -0.39 is 10.1 Å². The predicted octanol–water partition coefficient (Wildman–Crippen LogP) is 2.50. The van der Waals surface area contributed by atoms with Crippen molar-refractivity contribution in [3.63, 3.8) is 0 Å². The van der Waals surface area contributed by atoms with Gasteiger partial charge in [0.25, 0.3) is 0 Å². The maximum atomic E-state index is 10.3. The molecule has 0 saturated heterocycles. The van der Waals surface area contributed by atoms with Gasteiger partial charge in [0, 0.05) is 5.75 Å². The van der Waals surface area contributed by atoms with Crippen molar-refractivity contribution >= 4 is 10.1 Å². The number of unbranched alkanes of at least 4 members (excludes halogenated alkanes) is 1. The van der Waals surface area contributed by atoms with Crippen LogP contribution in [0.4, 0.5) is 0 Å². The van der Waals surface area contributed by atoms with Crippen molar-refractivity contribution in [1.29, 1.82) is 0 Å². The Morgan fingerprint density at radius 2 is 1.71 bits per heavy atom. The number of allylic oxidation sites excluding steroid dienone is 2. The van der Waals surface area contributed by atoms with Crippen LogP contribution in [0.1, 0.15) is 24.8 Å². The molecule has 0 spiro atoms. The smallest absolute Gasteiger partial charge is 0.0948 e. The van der Waals surface area contributed by atoms with Crippen molar-refractivity contribution in [2.45, 2.75) is 25.7 Å². The second-order valence-corrected chi connectivity index (χ2v) is 5.42. The molecule has 0 aromatic heterocycles. The van der Waals surface area contributed by atoms with Gasteiger partial charge in [-0.3, -0.25) is 0 Å². The van der Waals surface area contributed by atoms with Gasteiger partial charge in [-0.25, -0.2) is 8.42 Å². The van der Waals surface area contributed by atoms with E-state index in [9.17, 15) is 13.0 Å². The fourth-order valence-electron chi connectivity index (χ4n) is 1.52. The standard InChI is InChI=1S/C13H18O3S/c14-17(15,16)12-8-3-1-2-5-9-13-10-6-4-7-11-13/h1,3-4,6-7,10-11H,2,5,8-9,12H2,(H,14,15,16)/p-1/b3-1+. The topological polar surface area (TPSA) is 57.2 Å². The maximum absolute atomic E-state index is 10.3. The number of hydrogen-bond donors (Lipinski definition) is 0. The van der Waals surface area contributed by atoms with Crippen molar-refractivity contribution in [2.75, 3.05) is 5.75 Å². The first-order valence-corrected chi connectivity index (χ1v) is 7.28. The van der Waals surface area contributed by atoms with Gasteiger partial charge < -0.3 is 4.55 Å². The Balaban J connectivity index is 2.10. The maximum Gasteiger partial charge on any atom is 0.0948 e. The molecule has 94 valence electrons. The molecular formula is C13H17O3S-. The monoisotopic (exact) mass is 253 g/mol. The zero-order valence-electron chi connectivity index (χ0n) is 9.71. The van der Waals surface area contributed by atoms with E-state index in [4.69, 9.17) is 0 Å². The van der Waals surface area contributed by atoms with E-state index in [1.165, 1.54) is 5.56 Å². The number of hydrogen-bond acceptors (Lipinski definition) is 3. The van der Waals surface area contributed by atoms with Gasteiger partial charge in [0.05, 0.1) is 10.1 Å². The van der Waals surface area contributed by atoms with Gasteiger partial charge in [-0.1, -0.05) is 42.5 Å². The minimum absolute atomic E-state index is 0.303. The van der Waals surface area contributed by atoms with E-state index in [1.807, 2.05) is 24.3 Å². The third-order valence-corrected chi connectivity index (χ3v) is 3.12. The molecule has 4 heteroatoms. The molecule has 0 aliphatic carbocycles. The van der Waals surface area contributed by atoms with Crippen LogP contribution >= 0.6 is 0 Å². The summed E-state index contributed by atoms with van der Waals surface area (Å²) in [5.74, 6) is -0.303. The average molecular weight is 253 g/mol. The van der Waals surface area contributed by atoms with E-state index >= 15 is 0 Å². The molecule has 3 nitrogen and oxygen atoms in total. The number of benzene rings is 1. The van der Waals surface area contributed by atoms with Gasteiger partial charge in [-0.15, -0.1) is 0 Å². The second-order valence-electron chi connectivity index (χ2n) is 3.90. The molecular weight excluding hydrogens is 236 g/mol. The zero-order chi connectivity index (χ0) is 12.6. The van der Waals surface area contributed by atoms with Crippen LogP contribution in [0.3, 0.4) is 0 Å². The Hall–Kier alpha value is -1.13. The van der Waals surface area contributed by atoms with Crippen molar-refractivity contribution in [2.24, 2.45) is 0 Å². The van der Waals surface area contributed by atoms with Gasteiger partial charge >= 0.3 is 0 Å². The zero-order valence-corrected chi connectivity index (χ0v) is 10.5. The van der Waals surface area contributed by atoms with Crippen LogP contribution in [-0.4, -0.2) is 18.7 Å². The molecule has 1 rings (SSSR count). The third kappa shape index (κ3) is 7.71. The van der Waals surface area contributed by atoms with Crippen LogP contribution in [-0.2, 0) is 16.5 Å². The van der Waals surface area contributed by atoms with Crippen molar-refractivity contribution < 1.29 is 13.0 Å². The predicted molar refractivity (Wildman–Crippen MR) is 67.7 cm³/mol. The lowest BCUT2D eigenvalue weighted by molar-refractivity contribution is 0.463. The highest BCUT2D eigenvalue weighted by molar-refractivity contribution is 7.85. The first kappa shape index (κ1) is 13.9. The molecule has 0 amide bonds. The minimum atomic E-state index is -4.06. The van der Waals surface area contributed by atoms with Gasteiger partial charge in [0.15, 0.2) is 0 Å². The largest absolute Gasteiger partial charge is 0.748 e. The molecule has 0 N–H and O–H groups in total. The van der Waals surface area contributed by atoms with Gasteiger partial charge in [-0.05, 0) is 31.2 Å². The molecule has 17 heavy (non-hydrogen) atoms. The Kier molecular flexibility index (Phi) is 5.94. The molecule has 0 bridgehead atoms. The summed E-state index contributed by atoms with van der Waals surface area (Å²) in [6.45, 7) is 0. The summed E-state index contributed by atoms with van der Waals surface area (Å²) in [6, 6.07) is 10.2. The summed E-state index contributed by atoms with van der Waals surface area (Å²) in [5, 5.41) is 0. The summed E-state index contributed by atoms with van der Waals surface area (Å²) < 4.78 is 30.9. The Labute approximate surface area is 103 Å². The van der Waals surface area contributed by atoms with Crippen LogP contribution < -0.4 is 0 Å². The van der Waals surface area contributed by atoms with Gasteiger partial charge in [0.1, 0.15) is 0 Å². The molecule has 0 fully saturated rings. The molecule has 0 radical (unpaired) electrons. The summed E-state index contributed by atoms with van der Waals surface area (Å²) in [4.78, 5) is 0. The van der Waals surface area contributed by atoms with E-state index in [0.717, 1.165) is 19.3 Å². The first-order valence-electron chi connectivity index (χ1n) is 5.70. The minimum Gasteiger partial charge on any atom is -0.748 e. The van der Waals surface area contributed by atoms with Crippen LogP contribution in [0.5, 0.6) is 0 Å². The molecule has 0 aliphatic rings. The quantitative estimate of drug-likeness (QED) is 0.426. The highest BCUT2D eigenvalue weighted by Crippen LogP contribution is 2.05. The van der Waals surface area contributed by atoms with Crippen LogP contribution in [0, 0.1) is 0 Å². The highest BCUT2D eigenvalue weighted by Gasteiger charge is 1.92. The van der Waals surface area contributed by atoms with Crippen LogP contribution in [0.25, 0.3) is 0 Å². The lowest BCUT2D eigenvalue weighted by atomic mass is 10.1. The third-order valence-electron chi connectivity index (χ3n) is 2.38. The van der Waals surface area contributed by atoms with E-state index in [2.05, 4.69) is 12.1 Å². The molecule has 0 heterocycles. The fraction of sp³-hybridized carbons (Fsp3) is 0.385. The van der Waals surface area contributed by atoms with E-state index in [-0.39, 0.29) is 5.75 Å². The van der Waals surface area contributed by atoms with Crippen molar-refractivity contribution in [3.05, 3.63) is 48.0 Å². The van der Waals surface area contributed by atoms with E-state index in [1.54, 1.807) is 6.08 Å². The summed E-state index contributed by atoms with van der Waals surface area (Å²) in [7, 11) is -4.06.